The molecule has 0 bridgehead atoms. The molecule has 0 spiro atoms. The second-order valence-corrected chi connectivity index (χ2v) is 6.83. The van der Waals surface area contributed by atoms with Gasteiger partial charge in [0.25, 0.3) is 0 Å². The molecule has 5 nitrogen and oxygen atoms in total. The number of piperazine rings is 1. The fraction of sp³-hybridized carbons (Fsp3) is 0.875. The zero-order valence-electron chi connectivity index (χ0n) is 13.8. The minimum absolute atomic E-state index is 0.0499. The molecule has 0 aromatic heterocycles. The molecular formula is C16H28N2O3. The second kappa shape index (κ2) is 5.95. The van der Waals surface area contributed by atoms with E-state index in [0.717, 1.165) is 12.8 Å². The Balaban J connectivity index is 2.28. The highest BCUT2D eigenvalue weighted by Crippen LogP contribution is 2.42. The van der Waals surface area contributed by atoms with Crippen LogP contribution in [0.1, 0.15) is 47.5 Å². The van der Waals surface area contributed by atoms with Crippen molar-refractivity contribution >= 4 is 11.8 Å². The van der Waals surface area contributed by atoms with Gasteiger partial charge in [-0.15, -0.1) is 0 Å². The number of ether oxygens (including phenoxy) is 1. The predicted molar refractivity (Wildman–Crippen MR) is 80.7 cm³/mol. The summed E-state index contributed by atoms with van der Waals surface area (Å²) in [5.74, 6) is 0.530. The topological polar surface area (TPSA) is 58.6 Å². The number of amides is 2. The van der Waals surface area contributed by atoms with Crippen molar-refractivity contribution in [2.45, 2.75) is 65.1 Å². The van der Waals surface area contributed by atoms with Gasteiger partial charge in [0.15, 0.2) is 0 Å². The van der Waals surface area contributed by atoms with Crippen LogP contribution in [-0.2, 0) is 14.3 Å². The van der Waals surface area contributed by atoms with Crippen molar-refractivity contribution in [2.24, 2.45) is 11.8 Å². The van der Waals surface area contributed by atoms with E-state index >= 15 is 0 Å². The minimum Gasteiger partial charge on any atom is -0.380 e. The Labute approximate surface area is 127 Å². The Bertz CT molecular complexity index is 420. The standard InChI is InChI=1S/C16H28N2O3/c1-6-21-9-13(10(2)3)18-11(4)14(19)17-16(5,15(18)20)12-7-8-12/h10-13H,6-9H2,1-5H3,(H,17,19). The summed E-state index contributed by atoms with van der Waals surface area (Å²) in [6.45, 7) is 10.9. The van der Waals surface area contributed by atoms with E-state index in [2.05, 4.69) is 19.2 Å². The zero-order valence-corrected chi connectivity index (χ0v) is 13.8. The molecule has 1 heterocycles. The fourth-order valence-corrected chi connectivity index (χ4v) is 3.19. The first kappa shape index (κ1) is 16.3. The van der Waals surface area contributed by atoms with Crippen molar-refractivity contribution in [3.8, 4) is 0 Å². The van der Waals surface area contributed by atoms with E-state index in [1.807, 2.05) is 13.8 Å². The fourth-order valence-electron chi connectivity index (χ4n) is 3.19. The normalized spacial score (nSPS) is 31.5. The molecule has 1 saturated carbocycles. The van der Waals surface area contributed by atoms with Gasteiger partial charge in [-0.05, 0) is 45.4 Å². The third-order valence-electron chi connectivity index (χ3n) is 4.87. The number of hydrogen-bond donors (Lipinski definition) is 1. The summed E-state index contributed by atoms with van der Waals surface area (Å²) >= 11 is 0. The number of hydrogen-bond acceptors (Lipinski definition) is 3. The molecule has 0 radical (unpaired) electrons. The highest BCUT2D eigenvalue weighted by atomic mass is 16.5. The Morgan fingerprint density at radius 1 is 1.38 bits per heavy atom. The van der Waals surface area contributed by atoms with Crippen LogP contribution in [0.4, 0.5) is 0 Å². The van der Waals surface area contributed by atoms with Gasteiger partial charge in [-0.1, -0.05) is 13.8 Å². The molecule has 120 valence electrons. The quantitative estimate of drug-likeness (QED) is 0.809. The third kappa shape index (κ3) is 2.93. The molecule has 3 unspecified atom stereocenters. The van der Waals surface area contributed by atoms with Crippen molar-refractivity contribution in [1.82, 2.24) is 10.2 Å². The first-order valence-electron chi connectivity index (χ1n) is 8.05. The van der Waals surface area contributed by atoms with Crippen LogP contribution < -0.4 is 5.32 Å². The lowest BCUT2D eigenvalue weighted by atomic mass is 9.87. The Morgan fingerprint density at radius 2 is 2.00 bits per heavy atom. The summed E-state index contributed by atoms with van der Waals surface area (Å²) in [5.41, 5.74) is -0.733. The first-order valence-corrected chi connectivity index (χ1v) is 8.05. The zero-order chi connectivity index (χ0) is 15.8. The van der Waals surface area contributed by atoms with E-state index < -0.39 is 11.6 Å². The molecule has 2 amide bonds. The molecule has 3 atom stereocenters. The Kier molecular flexibility index (Phi) is 4.61. The van der Waals surface area contributed by atoms with Gasteiger partial charge in [0.1, 0.15) is 11.6 Å². The molecule has 2 fully saturated rings. The second-order valence-electron chi connectivity index (χ2n) is 6.83. The van der Waals surface area contributed by atoms with E-state index in [9.17, 15) is 9.59 Å². The van der Waals surface area contributed by atoms with Crippen molar-refractivity contribution in [1.29, 1.82) is 0 Å². The molecule has 0 aromatic rings. The van der Waals surface area contributed by atoms with Crippen LogP contribution >= 0.6 is 0 Å². The van der Waals surface area contributed by atoms with Crippen LogP contribution in [0.5, 0.6) is 0 Å². The van der Waals surface area contributed by atoms with E-state index in [0.29, 0.717) is 13.2 Å². The molecule has 1 saturated heterocycles. The van der Waals surface area contributed by atoms with Gasteiger partial charge in [-0.3, -0.25) is 9.59 Å². The monoisotopic (exact) mass is 296 g/mol. The average molecular weight is 296 g/mol. The van der Waals surface area contributed by atoms with Crippen LogP contribution in [0.2, 0.25) is 0 Å². The van der Waals surface area contributed by atoms with Crippen molar-refractivity contribution in [3.63, 3.8) is 0 Å². The van der Waals surface area contributed by atoms with Gasteiger partial charge in [0.2, 0.25) is 11.8 Å². The van der Waals surface area contributed by atoms with Crippen LogP contribution in [0.3, 0.4) is 0 Å². The summed E-state index contributed by atoms with van der Waals surface area (Å²) < 4.78 is 5.56. The van der Waals surface area contributed by atoms with Gasteiger partial charge in [-0.2, -0.15) is 0 Å². The third-order valence-corrected chi connectivity index (χ3v) is 4.87. The SMILES string of the molecule is CCOCC(C(C)C)N1C(=O)C(C)(C2CC2)NC(=O)C1C. The Morgan fingerprint density at radius 3 is 2.48 bits per heavy atom. The molecule has 1 aliphatic heterocycles. The number of nitrogens with zero attached hydrogens (tertiary/aromatic N) is 1. The highest BCUT2D eigenvalue weighted by molar-refractivity contribution is 6.00. The van der Waals surface area contributed by atoms with Crippen LogP contribution in [-0.4, -0.2) is 47.6 Å². The molecule has 5 heteroatoms. The molecular weight excluding hydrogens is 268 g/mol. The van der Waals surface area contributed by atoms with Crippen molar-refractivity contribution in [3.05, 3.63) is 0 Å². The van der Waals surface area contributed by atoms with E-state index in [1.54, 1.807) is 11.8 Å². The number of carbonyl (C=O) groups excluding carboxylic acids is 2. The summed E-state index contributed by atoms with van der Waals surface area (Å²) in [5, 5.41) is 2.96. The molecule has 21 heavy (non-hydrogen) atoms. The molecule has 1 N–H and O–H groups in total. The van der Waals surface area contributed by atoms with Gasteiger partial charge >= 0.3 is 0 Å². The average Bonchev–Trinajstić information content (AvgIpc) is 3.24. The van der Waals surface area contributed by atoms with Gasteiger partial charge in [0.05, 0.1) is 12.6 Å². The summed E-state index contributed by atoms with van der Waals surface area (Å²) in [7, 11) is 0. The minimum atomic E-state index is -0.733. The lowest BCUT2D eigenvalue weighted by Gasteiger charge is -2.48. The number of rotatable bonds is 6. The van der Waals surface area contributed by atoms with Crippen molar-refractivity contribution in [2.75, 3.05) is 13.2 Å². The molecule has 0 aromatic carbocycles. The van der Waals surface area contributed by atoms with Crippen LogP contribution in [0.25, 0.3) is 0 Å². The van der Waals surface area contributed by atoms with Crippen molar-refractivity contribution < 1.29 is 14.3 Å². The predicted octanol–water partition coefficient (Wildman–Crippen LogP) is 1.56. The van der Waals surface area contributed by atoms with Crippen LogP contribution in [0, 0.1) is 11.8 Å². The molecule has 2 rings (SSSR count). The van der Waals surface area contributed by atoms with E-state index in [-0.39, 0.29) is 29.7 Å². The van der Waals surface area contributed by atoms with Gasteiger partial charge in [0, 0.05) is 6.61 Å². The number of carbonyl (C=O) groups is 2. The largest absolute Gasteiger partial charge is 0.380 e. The molecule has 2 aliphatic rings. The molecule has 1 aliphatic carbocycles. The van der Waals surface area contributed by atoms with Gasteiger partial charge < -0.3 is 15.0 Å². The maximum absolute atomic E-state index is 13.0. The van der Waals surface area contributed by atoms with E-state index in [1.165, 1.54) is 0 Å². The summed E-state index contributed by atoms with van der Waals surface area (Å²) in [6, 6.07) is -0.492. The maximum atomic E-state index is 13.0. The lowest BCUT2D eigenvalue weighted by molar-refractivity contribution is -0.160. The summed E-state index contributed by atoms with van der Waals surface area (Å²) in [6.07, 6.45) is 2.03. The van der Waals surface area contributed by atoms with E-state index in [4.69, 9.17) is 4.74 Å². The smallest absolute Gasteiger partial charge is 0.249 e. The highest BCUT2D eigenvalue weighted by Gasteiger charge is 2.55. The Hall–Kier alpha value is -1.10. The summed E-state index contributed by atoms with van der Waals surface area (Å²) in [4.78, 5) is 27.2. The lowest BCUT2D eigenvalue weighted by Crippen LogP contribution is -2.72. The number of nitrogens with one attached hydrogen (secondary N) is 1. The van der Waals surface area contributed by atoms with Crippen LogP contribution in [0.15, 0.2) is 0 Å². The maximum Gasteiger partial charge on any atom is 0.249 e. The first-order chi connectivity index (χ1) is 9.82. The van der Waals surface area contributed by atoms with Gasteiger partial charge in [-0.25, -0.2) is 0 Å².